The summed E-state index contributed by atoms with van der Waals surface area (Å²) >= 11 is 0. The molecule has 2 aromatic heterocycles. The van der Waals surface area contributed by atoms with E-state index in [0.29, 0.717) is 0 Å². The van der Waals surface area contributed by atoms with Crippen LogP contribution >= 0.6 is 0 Å². The van der Waals surface area contributed by atoms with Gasteiger partial charge in [-0.05, 0) is 12.1 Å². The third-order valence-corrected chi connectivity index (χ3v) is 2.31. The van der Waals surface area contributed by atoms with Crippen LogP contribution in [0.1, 0.15) is 11.3 Å². The van der Waals surface area contributed by atoms with E-state index in [1.54, 1.807) is 0 Å². The van der Waals surface area contributed by atoms with Crippen molar-refractivity contribution in [3.63, 3.8) is 0 Å². The summed E-state index contributed by atoms with van der Waals surface area (Å²) in [6.07, 6.45) is 11.4. The minimum absolute atomic E-state index is 1.17. The lowest BCUT2D eigenvalue weighted by molar-refractivity contribution is -2.00. The minimum atomic E-state index is -4.94. The van der Waals surface area contributed by atoms with E-state index in [4.69, 9.17) is 18.6 Å². The van der Waals surface area contributed by atoms with Crippen LogP contribution in [0.5, 0.6) is 0 Å². The molecule has 0 aliphatic heterocycles. The van der Waals surface area contributed by atoms with Gasteiger partial charge in [-0.15, -0.1) is 10.2 Å². The summed E-state index contributed by atoms with van der Waals surface area (Å²) in [6.45, 7) is 0. The Morgan fingerprint density at radius 3 is 2.56 bits per heavy atom. The van der Waals surface area contributed by atoms with Crippen molar-refractivity contribution >= 4 is 11.6 Å². The average Bonchev–Trinajstić information content (AvgIpc) is 2.65. The topological polar surface area (TPSA) is 96.7 Å². The summed E-state index contributed by atoms with van der Waals surface area (Å²) < 4.78 is 36.1. The Balaban J connectivity index is 0.000000209. The Bertz CT molecular complexity index is 604. The van der Waals surface area contributed by atoms with E-state index in [9.17, 15) is 0 Å². The van der Waals surface area contributed by atoms with Gasteiger partial charge in [-0.2, -0.15) is 0 Å². The zero-order chi connectivity index (χ0) is 13.2. The molecule has 0 unspecified atom stereocenters. The van der Waals surface area contributed by atoms with Gasteiger partial charge < -0.3 is 0 Å². The third kappa shape index (κ3) is 3.15. The van der Waals surface area contributed by atoms with Crippen molar-refractivity contribution in [2.45, 2.75) is 0 Å². The van der Waals surface area contributed by atoms with Crippen LogP contribution in [0.15, 0.2) is 42.6 Å². The van der Waals surface area contributed by atoms with Crippen molar-refractivity contribution in [2.75, 3.05) is 0 Å². The highest BCUT2D eigenvalue weighted by molar-refractivity contribution is 5.66. The quantitative estimate of drug-likeness (QED) is 0.511. The number of fused-ring (bicyclic) bond motifs is 3. The molecule has 0 atom stereocenters. The maximum atomic E-state index is 8.49. The first-order valence-electron chi connectivity index (χ1n) is 4.93. The van der Waals surface area contributed by atoms with E-state index in [2.05, 4.69) is 34.9 Å². The number of halogens is 1. The zero-order valence-corrected chi connectivity index (χ0v) is 9.83. The van der Waals surface area contributed by atoms with Gasteiger partial charge in [0, 0.05) is 24.4 Å². The van der Waals surface area contributed by atoms with Crippen molar-refractivity contribution in [3.8, 4) is 0 Å². The largest absolute Gasteiger partial charge is 0.266 e. The molecular weight excluding hydrogens is 258 g/mol. The van der Waals surface area contributed by atoms with Gasteiger partial charge in [0.15, 0.2) is 11.3 Å². The summed E-state index contributed by atoms with van der Waals surface area (Å²) in [5.74, 6) is 0. The van der Waals surface area contributed by atoms with Gasteiger partial charge in [-0.25, -0.2) is 18.6 Å². The third-order valence-electron chi connectivity index (χ3n) is 2.31. The lowest BCUT2D eigenvalue weighted by atomic mass is 10.1. The number of allylic oxidation sites excluding steroid dienone is 2. The molecule has 6 heteroatoms. The van der Waals surface area contributed by atoms with Gasteiger partial charge >= 0.3 is 0 Å². The van der Waals surface area contributed by atoms with Gasteiger partial charge in [0.1, 0.15) is 0 Å². The van der Waals surface area contributed by atoms with Gasteiger partial charge in [-0.1, -0.05) is 6.07 Å². The van der Waals surface area contributed by atoms with E-state index in [-0.39, 0.29) is 0 Å². The van der Waals surface area contributed by atoms with Crippen molar-refractivity contribution in [1.82, 2.24) is 4.40 Å². The molecule has 18 heavy (non-hydrogen) atoms. The smallest absolute Gasteiger partial charge is 0.174 e. The molecule has 0 N–H and O–H groups in total. The van der Waals surface area contributed by atoms with Crippen LogP contribution in [0, 0.1) is 16.3 Å². The van der Waals surface area contributed by atoms with Gasteiger partial charge in [0.25, 0.3) is 0 Å². The number of hydrogen-bond donors (Lipinski definition) is 0. The van der Waals surface area contributed by atoms with Crippen molar-refractivity contribution in [1.29, 1.82) is 0 Å². The molecule has 1 aliphatic rings. The molecule has 1 aliphatic carbocycles. The van der Waals surface area contributed by atoms with Crippen LogP contribution in [-0.4, -0.2) is 4.40 Å². The second-order valence-corrected chi connectivity index (χ2v) is 4.24. The first kappa shape index (κ1) is 12.7. The first-order chi connectivity index (χ1) is 8.45. The van der Waals surface area contributed by atoms with Crippen LogP contribution in [0.4, 0.5) is 0 Å². The van der Waals surface area contributed by atoms with Crippen LogP contribution < -0.4 is 18.6 Å². The van der Waals surface area contributed by atoms with Crippen molar-refractivity contribution in [2.24, 2.45) is 0 Å². The second-order valence-electron chi connectivity index (χ2n) is 3.49. The average molecular weight is 266 g/mol. The van der Waals surface area contributed by atoms with Crippen LogP contribution in [0.2, 0.25) is 0 Å². The fourth-order valence-corrected chi connectivity index (χ4v) is 1.71. The fraction of sp³-hybridized carbons (Fsp3) is 0. The summed E-state index contributed by atoms with van der Waals surface area (Å²) in [7, 11) is -4.94. The highest BCUT2D eigenvalue weighted by Crippen LogP contribution is 2.20. The number of pyridine rings is 1. The Labute approximate surface area is 105 Å². The molecule has 2 heterocycles. The van der Waals surface area contributed by atoms with E-state index >= 15 is 0 Å². The zero-order valence-electron chi connectivity index (χ0n) is 9.08. The molecule has 0 radical (unpaired) electrons. The first-order valence-corrected chi connectivity index (χ1v) is 6.17. The molecule has 0 fully saturated rings. The SMILES string of the molecule is [C+]1=CC=Cc2c1cc1ccccn21.[O-][Cl+3]([O-])([O-])[O-]. The maximum absolute atomic E-state index is 8.49. The molecule has 0 saturated carbocycles. The Hall–Kier alpha value is -1.72. The number of nitrogens with zero attached hydrogens (tertiary/aromatic N) is 1. The molecule has 0 aromatic carbocycles. The lowest BCUT2D eigenvalue weighted by Crippen LogP contribution is -2.68. The second kappa shape index (κ2) is 4.88. The summed E-state index contributed by atoms with van der Waals surface area (Å²) in [6, 6.07) is 8.34. The highest BCUT2D eigenvalue weighted by Gasteiger charge is 2.14. The van der Waals surface area contributed by atoms with Crippen LogP contribution in [0.25, 0.3) is 11.6 Å². The van der Waals surface area contributed by atoms with Crippen LogP contribution in [-0.2, 0) is 0 Å². The van der Waals surface area contributed by atoms with Gasteiger partial charge in [0.2, 0.25) is 0 Å². The van der Waals surface area contributed by atoms with E-state index < -0.39 is 10.2 Å². The monoisotopic (exact) mass is 265 g/mol. The molecule has 3 rings (SSSR count). The Morgan fingerprint density at radius 1 is 1.11 bits per heavy atom. The number of rotatable bonds is 0. The predicted octanol–water partition coefficient (Wildman–Crippen LogP) is -2.08. The normalized spacial score (nSPS) is 12.7. The summed E-state index contributed by atoms with van der Waals surface area (Å²) in [5.41, 5.74) is 3.62. The molecule has 0 amide bonds. The summed E-state index contributed by atoms with van der Waals surface area (Å²) in [5, 5.41) is 0. The summed E-state index contributed by atoms with van der Waals surface area (Å²) in [4.78, 5) is 0. The molecule has 2 aromatic rings. The maximum Gasteiger partial charge on any atom is 0.174 e. The molecule has 0 saturated heterocycles. The van der Waals surface area contributed by atoms with Gasteiger partial charge in [0.05, 0.1) is 17.7 Å². The molecule has 0 spiro atoms. The fourth-order valence-electron chi connectivity index (χ4n) is 1.71. The van der Waals surface area contributed by atoms with Crippen LogP contribution in [0.3, 0.4) is 0 Å². The Morgan fingerprint density at radius 2 is 1.83 bits per heavy atom. The van der Waals surface area contributed by atoms with E-state index in [1.807, 2.05) is 24.3 Å². The molecular formula is C12H8ClNO4. The van der Waals surface area contributed by atoms with E-state index in [1.165, 1.54) is 16.8 Å². The lowest BCUT2D eigenvalue weighted by Gasteiger charge is -2.17. The molecule has 5 nitrogen and oxygen atoms in total. The molecule has 0 bridgehead atoms. The minimum Gasteiger partial charge on any atom is -0.266 e. The van der Waals surface area contributed by atoms with E-state index in [0.717, 1.165) is 0 Å². The number of aromatic nitrogens is 1. The number of hydrogen-bond acceptors (Lipinski definition) is 4. The van der Waals surface area contributed by atoms with Crippen molar-refractivity contribution < 1.29 is 28.9 Å². The van der Waals surface area contributed by atoms with Crippen molar-refractivity contribution in [3.05, 3.63) is 59.9 Å². The van der Waals surface area contributed by atoms with Gasteiger partial charge in [-0.3, -0.25) is 4.40 Å². The molecule has 92 valence electrons. The predicted molar refractivity (Wildman–Crippen MR) is 53.3 cm³/mol. The highest BCUT2D eigenvalue weighted by atomic mass is 35.7. The Kier molecular flexibility index (Phi) is 3.45. The standard InChI is InChI=1S/C12H8N.ClHO4/c1-2-7-12-10(5-1)9-11-6-3-4-8-13(11)12;2-1(3,4)5/h1-4,6-9H;(H,2,3,4,5)/q+1;/p-1.